The lowest BCUT2D eigenvalue weighted by atomic mass is 9.84. The molecule has 0 N–H and O–H groups in total. The summed E-state index contributed by atoms with van der Waals surface area (Å²) in [5, 5.41) is 0. The van der Waals surface area contributed by atoms with Crippen LogP contribution in [0.25, 0.3) is 6.08 Å². The molecule has 0 aliphatic carbocycles. The quantitative estimate of drug-likeness (QED) is 0.302. The molecule has 0 fully saturated rings. The van der Waals surface area contributed by atoms with Gasteiger partial charge in [0.2, 0.25) is 5.78 Å². The highest BCUT2D eigenvalue weighted by Crippen LogP contribution is 2.50. The highest BCUT2D eigenvalue weighted by molar-refractivity contribution is 6.15. The van der Waals surface area contributed by atoms with E-state index in [4.69, 9.17) is 28.4 Å². The van der Waals surface area contributed by atoms with E-state index in [9.17, 15) is 9.59 Å². The summed E-state index contributed by atoms with van der Waals surface area (Å²) >= 11 is 0. The molecule has 3 aromatic carbocycles. The normalized spacial score (nSPS) is 18.7. The molecular formula is C28H22O8. The number of ketones is 1. The van der Waals surface area contributed by atoms with E-state index in [1.165, 1.54) is 0 Å². The first kappa shape index (κ1) is 22.0. The van der Waals surface area contributed by atoms with Crippen molar-refractivity contribution in [1.29, 1.82) is 0 Å². The Labute approximate surface area is 206 Å². The van der Waals surface area contributed by atoms with Crippen molar-refractivity contribution in [3.8, 4) is 34.5 Å². The van der Waals surface area contributed by atoms with Crippen molar-refractivity contribution in [1.82, 2.24) is 0 Å². The SMILES string of the molecule is COc1ccc(C2CC(=O)Oc3ccc4c(c32)OC(=Cc2ccc3c(c2)OCCO3)C4=O)c(OC)c1. The Kier molecular flexibility index (Phi) is 5.29. The molecular weight excluding hydrogens is 464 g/mol. The van der Waals surface area contributed by atoms with Crippen molar-refractivity contribution in [2.75, 3.05) is 27.4 Å². The van der Waals surface area contributed by atoms with Crippen molar-refractivity contribution in [3.05, 3.63) is 76.5 Å². The molecule has 3 heterocycles. The second kappa shape index (κ2) is 8.64. The zero-order chi connectivity index (χ0) is 24.8. The summed E-state index contributed by atoms with van der Waals surface area (Å²) < 4.78 is 33.8. The molecule has 0 saturated carbocycles. The maximum absolute atomic E-state index is 13.3. The van der Waals surface area contributed by atoms with Crippen molar-refractivity contribution in [2.45, 2.75) is 12.3 Å². The second-order valence-electron chi connectivity index (χ2n) is 8.54. The van der Waals surface area contributed by atoms with Gasteiger partial charge in [0, 0.05) is 23.1 Å². The third-order valence-electron chi connectivity index (χ3n) is 6.46. The van der Waals surface area contributed by atoms with Crippen LogP contribution in [0.3, 0.4) is 0 Å². The standard InChI is InChI=1S/C28H22O8/c1-31-16-4-5-17(22(13-16)32-2)19-14-25(29)35-21-8-6-18-27(30)24(36-28(18)26(19)21)12-15-3-7-20-23(11-15)34-10-9-33-20/h3-8,11-13,19H,9-10,14H2,1-2H3. The number of carbonyl (C=O) groups excluding carboxylic acids is 2. The van der Waals surface area contributed by atoms with E-state index in [1.54, 1.807) is 50.6 Å². The number of methoxy groups -OCH3 is 2. The Morgan fingerprint density at radius 3 is 2.47 bits per heavy atom. The number of benzene rings is 3. The zero-order valence-corrected chi connectivity index (χ0v) is 19.7. The third kappa shape index (κ3) is 3.62. The molecule has 3 aliphatic heterocycles. The van der Waals surface area contributed by atoms with Crippen LogP contribution in [0.4, 0.5) is 0 Å². The number of hydrogen-bond acceptors (Lipinski definition) is 8. The van der Waals surface area contributed by atoms with Crippen LogP contribution in [0.5, 0.6) is 34.5 Å². The Morgan fingerprint density at radius 1 is 0.861 bits per heavy atom. The molecule has 6 rings (SSSR count). The predicted molar refractivity (Wildman–Crippen MR) is 128 cm³/mol. The van der Waals surface area contributed by atoms with Crippen LogP contribution in [-0.4, -0.2) is 39.2 Å². The highest BCUT2D eigenvalue weighted by atomic mass is 16.6. The largest absolute Gasteiger partial charge is 0.497 e. The molecule has 8 nitrogen and oxygen atoms in total. The lowest BCUT2D eigenvalue weighted by Crippen LogP contribution is -2.22. The van der Waals surface area contributed by atoms with Gasteiger partial charge in [-0.25, -0.2) is 0 Å². The molecule has 1 unspecified atom stereocenters. The van der Waals surface area contributed by atoms with Gasteiger partial charge in [-0.05, 0) is 42.0 Å². The van der Waals surface area contributed by atoms with Crippen molar-refractivity contribution in [3.63, 3.8) is 0 Å². The molecule has 3 aliphatic rings. The number of allylic oxidation sites excluding steroid dienone is 1. The van der Waals surface area contributed by atoms with Gasteiger partial charge in [0.05, 0.1) is 26.2 Å². The molecule has 0 saturated heterocycles. The summed E-state index contributed by atoms with van der Waals surface area (Å²) in [4.78, 5) is 25.8. The van der Waals surface area contributed by atoms with Gasteiger partial charge in [-0.3, -0.25) is 9.59 Å². The maximum atomic E-state index is 13.3. The summed E-state index contributed by atoms with van der Waals surface area (Å²) in [6.45, 7) is 0.967. The van der Waals surface area contributed by atoms with Gasteiger partial charge in [0.1, 0.15) is 36.2 Å². The van der Waals surface area contributed by atoms with E-state index in [0.717, 1.165) is 11.1 Å². The summed E-state index contributed by atoms with van der Waals surface area (Å²) in [5.74, 6) is 2.34. The average molecular weight is 486 g/mol. The van der Waals surface area contributed by atoms with Crippen LogP contribution < -0.4 is 28.4 Å². The molecule has 3 aromatic rings. The molecule has 8 heteroatoms. The van der Waals surface area contributed by atoms with Gasteiger partial charge in [-0.2, -0.15) is 0 Å². The molecule has 0 radical (unpaired) electrons. The summed E-state index contributed by atoms with van der Waals surface area (Å²) in [5.41, 5.74) is 2.55. The van der Waals surface area contributed by atoms with Crippen molar-refractivity contribution in [2.24, 2.45) is 0 Å². The smallest absolute Gasteiger partial charge is 0.312 e. The number of hydrogen-bond donors (Lipinski definition) is 0. The molecule has 0 aromatic heterocycles. The fourth-order valence-corrected chi connectivity index (χ4v) is 4.78. The summed E-state index contributed by atoms with van der Waals surface area (Å²) in [7, 11) is 3.13. The van der Waals surface area contributed by atoms with Crippen LogP contribution in [0.15, 0.2) is 54.3 Å². The topological polar surface area (TPSA) is 89.5 Å². The van der Waals surface area contributed by atoms with Crippen LogP contribution in [0.2, 0.25) is 0 Å². The molecule has 1 atom stereocenters. The van der Waals surface area contributed by atoms with Gasteiger partial charge in [0.15, 0.2) is 17.3 Å². The average Bonchev–Trinajstić information content (AvgIpc) is 3.22. The minimum atomic E-state index is -0.432. The minimum Gasteiger partial charge on any atom is -0.497 e. The molecule has 0 spiro atoms. The Balaban J connectivity index is 1.42. The van der Waals surface area contributed by atoms with Gasteiger partial charge < -0.3 is 28.4 Å². The zero-order valence-electron chi connectivity index (χ0n) is 19.7. The van der Waals surface area contributed by atoms with E-state index < -0.39 is 5.92 Å². The van der Waals surface area contributed by atoms with E-state index >= 15 is 0 Å². The van der Waals surface area contributed by atoms with E-state index in [-0.39, 0.29) is 23.9 Å². The first-order valence-electron chi connectivity index (χ1n) is 11.5. The number of rotatable bonds is 4. The van der Waals surface area contributed by atoms with E-state index in [1.807, 2.05) is 18.2 Å². The Bertz CT molecular complexity index is 1440. The van der Waals surface area contributed by atoms with Crippen LogP contribution in [-0.2, 0) is 4.79 Å². The Morgan fingerprint density at radius 2 is 1.67 bits per heavy atom. The van der Waals surface area contributed by atoms with Gasteiger partial charge in [-0.15, -0.1) is 0 Å². The van der Waals surface area contributed by atoms with E-state index in [0.29, 0.717) is 58.8 Å². The van der Waals surface area contributed by atoms with E-state index in [2.05, 4.69) is 0 Å². The second-order valence-corrected chi connectivity index (χ2v) is 8.54. The highest BCUT2D eigenvalue weighted by Gasteiger charge is 2.39. The lowest BCUT2D eigenvalue weighted by molar-refractivity contribution is -0.135. The minimum absolute atomic E-state index is 0.0743. The molecule has 182 valence electrons. The number of carbonyl (C=O) groups is 2. The number of fused-ring (bicyclic) bond motifs is 4. The number of esters is 1. The predicted octanol–water partition coefficient (Wildman–Crippen LogP) is 4.53. The summed E-state index contributed by atoms with van der Waals surface area (Å²) in [6.07, 6.45) is 1.75. The van der Waals surface area contributed by atoms with Crippen molar-refractivity contribution >= 4 is 17.8 Å². The summed E-state index contributed by atoms with van der Waals surface area (Å²) in [6, 6.07) is 14.1. The molecule has 0 bridgehead atoms. The van der Waals surface area contributed by atoms with Gasteiger partial charge >= 0.3 is 5.97 Å². The third-order valence-corrected chi connectivity index (χ3v) is 6.46. The van der Waals surface area contributed by atoms with Crippen LogP contribution in [0, 0.1) is 0 Å². The fraction of sp³-hybridized carbons (Fsp3) is 0.214. The maximum Gasteiger partial charge on any atom is 0.312 e. The lowest BCUT2D eigenvalue weighted by Gasteiger charge is -2.27. The number of ether oxygens (including phenoxy) is 6. The monoisotopic (exact) mass is 486 g/mol. The van der Waals surface area contributed by atoms with Crippen LogP contribution >= 0.6 is 0 Å². The molecule has 36 heavy (non-hydrogen) atoms. The van der Waals surface area contributed by atoms with Gasteiger partial charge in [-0.1, -0.05) is 12.1 Å². The first-order valence-corrected chi connectivity index (χ1v) is 11.5. The molecule has 0 amide bonds. The number of Topliss-reactive ketones (excluding diaryl/α,β-unsaturated/α-hetero) is 1. The Hall–Kier alpha value is -4.46. The first-order chi connectivity index (χ1) is 17.6. The van der Waals surface area contributed by atoms with Crippen LogP contribution in [0.1, 0.15) is 39.4 Å². The van der Waals surface area contributed by atoms with Gasteiger partial charge in [0.25, 0.3) is 0 Å². The van der Waals surface area contributed by atoms with Crippen molar-refractivity contribution < 1.29 is 38.0 Å². The fourth-order valence-electron chi connectivity index (χ4n) is 4.78.